The first-order chi connectivity index (χ1) is 9.26. The fourth-order valence-electron chi connectivity index (χ4n) is 1.47. The Kier molecular flexibility index (Phi) is 4.15. The van der Waals surface area contributed by atoms with Crippen molar-refractivity contribution in [2.24, 2.45) is 0 Å². The van der Waals surface area contributed by atoms with Gasteiger partial charge in [0.2, 0.25) is 0 Å². The molecule has 2 rings (SSSR count). The van der Waals surface area contributed by atoms with Gasteiger partial charge in [-0.3, -0.25) is 0 Å². The lowest BCUT2D eigenvalue weighted by atomic mass is 10.2. The van der Waals surface area contributed by atoms with E-state index in [0.717, 1.165) is 10.2 Å². The molecular weight excluding hydrogens is 346 g/mol. The molecule has 0 spiro atoms. The zero-order valence-electron chi connectivity index (χ0n) is 11.2. The summed E-state index contributed by atoms with van der Waals surface area (Å²) in [6.45, 7) is 5.39. The minimum absolute atomic E-state index is 0.154. The molecule has 106 valence electrons. The number of hydrogen-bond donors (Lipinski definition) is 0. The van der Waals surface area contributed by atoms with Crippen LogP contribution in [0.2, 0.25) is 5.02 Å². The molecule has 0 atom stereocenters. The predicted octanol–water partition coefficient (Wildman–Crippen LogP) is 3.64. The zero-order valence-corrected chi connectivity index (χ0v) is 13.6. The van der Waals surface area contributed by atoms with Crippen LogP contribution < -0.4 is 0 Å². The monoisotopic (exact) mass is 357 g/mol. The number of rotatable bonds is 2. The summed E-state index contributed by atoms with van der Waals surface area (Å²) in [6, 6.07) is 5.25. The molecule has 1 aromatic carbocycles. The van der Waals surface area contributed by atoms with Crippen LogP contribution in [0.1, 0.15) is 31.3 Å². The standard InChI is InChI=1S/C13H13BrClN3O2/c1-13(2,3)20-12(19)10-7-18(17-16-10)11-5-4-8(15)6-9(11)14/h4-7H,1-3H3. The number of esters is 1. The van der Waals surface area contributed by atoms with Gasteiger partial charge in [0, 0.05) is 9.50 Å². The van der Waals surface area contributed by atoms with Crippen molar-refractivity contribution < 1.29 is 9.53 Å². The van der Waals surface area contributed by atoms with Gasteiger partial charge in [0.05, 0.1) is 11.9 Å². The van der Waals surface area contributed by atoms with Crippen LogP contribution in [0.4, 0.5) is 0 Å². The lowest BCUT2D eigenvalue weighted by Crippen LogP contribution is -2.24. The van der Waals surface area contributed by atoms with Crippen LogP contribution in [0.5, 0.6) is 0 Å². The zero-order chi connectivity index (χ0) is 14.9. The molecule has 0 bridgehead atoms. The minimum Gasteiger partial charge on any atom is -0.455 e. The number of ether oxygens (including phenoxy) is 1. The van der Waals surface area contributed by atoms with Gasteiger partial charge >= 0.3 is 5.97 Å². The third-order valence-electron chi connectivity index (χ3n) is 2.26. The SMILES string of the molecule is CC(C)(C)OC(=O)c1cn(-c2ccc(Cl)cc2Br)nn1. The maximum Gasteiger partial charge on any atom is 0.361 e. The molecule has 0 aliphatic heterocycles. The van der Waals surface area contributed by atoms with Gasteiger partial charge in [-0.05, 0) is 54.9 Å². The lowest BCUT2D eigenvalue weighted by molar-refractivity contribution is 0.00627. The number of carbonyl (C=O) groups excluding carboxylic acids is 1. The molecule has 0 N–H and O–H groups in total. The highest BCUT2D eigenvalue weighted by Crippen LogP contribution is 2.24. The van der Waals surface area contributed by atoms with Crippen LogP contribution in [0.3, 0.4) is 0 Å². The Bertz CT molecular complexity index is 649. The van der Waals surface area contributed by atoms with E-state index < -0.39 is 11.6 Å². The van der Waals surface area contributed by atoms with E-state index in [1.54, 1.807) is 39.0 Å². The van der Waals surface area contributed by atoms with Gasteiger partial charge in [-0.2, -0.15) is 0 Å². The Hall–Kier alpha value is -1.40. The maximum absolute atomic E-state index is 11.9. The fourth-order valence-corrected chi connectivity index (χ4v) is 2.34. The Morgan fingerprint density at radius 2 is 2.10 bits per heavy atom. The molecule has 7 heteroatoms. The molecular formula is C13H13BrClN3O2. The van der Waals surface area contributed by atoms with Gasteiger partial charge < -0.3 is 4.74 Å². The Morgan fingerprint density at radius 1 is 1.40 bits per heavy atom. The van der Waals surface area contributed by atoms with Gasteiger partial charge in [0.1, 0.15) is 5.60 Å². The highest BCUT2D eigenvalue weighted by molar-refractivity contribution is 9.10. The first kappa shape index (κ1) is 15.0. The van der Waals surface area contributed by atoms with Crippen molar-refractivity contribution in [3.63, 3.8) is 0 Å². The highest BCUT2D eigenvalue weighted by atomic mass is 79.9. The minimum atomic E-state index is -0.568. The predicted molar refractivity (Wildman–Crippen MR) is 79.2 cm³/mol. The Morgan fingerprint density at radius 3 is 2.70 bits per heavy atom. The topological polar surface area (TPSA) is 57.0 Å². The number of benzene rings is 1. The van der Waals surface area contributed by atoms with E-state index >= 15 is 0 Å². The summed E-state index contributed by atoms with van der Waals surface area (Å²) in [6.07, 6.45) is 1.52. The van der Waals surface area contributed by atoms with Gasteiger partial charge in [-0.15, -0.1) is 5.10 Å². The summed E-state index contributed by atoms with van der Waals surface area (Å²) < 4.78 is 7.48. The quantitative estimate of drug-likeness (QED) is 0.769. The highest BCUT2D eigenvalue weighted by Gasteiger charge is 2.21. The molecule has 20 heavy (non-hydrogen) atoms. The average Bonchev–Trinajstić information content (AvgIpc) is 2.75. The van der Waals surface area contributed by atoms with Crippen LogP contribution in [0.25, 0.3) is 5.69 Å². The van der Waals surface area contributed by atoms with Gasteiger partial charge in [0.25, 0.3) is 0 Å². The van der Waals surface area contributed by atoms with E-state index in [9.17, 15) is 4.79 Å². The third kappa shape index (κ3) is 3.58. The number of halogens is 2. The molecule has 0 aliphatic carbocycles. The van der Waals surface area contributed by atoms with E-state index in [4.69, 9.17) is 16.3 Å². The van der Waals surface area contributed by atoms with Crippen LogP contribution in [0.15, 0.2) is 28.9 Å². The number of aromatic nitrogens is 3. The van der Waals surface area contributed by atoms with E-state index in [0.29, 0.717) is 5.02 Å². The summed E-state index contributed by atoms with van der Waals surface area (Å²) >= 11 is 9.27. The summed E-state index contributed by atoms with van der Waals surface area (Å²) in [5.41, 5.74) is 0.320. The molecule has 0 amide bonds. The molecule has 0 saturated heterocycles. The number of hydrogen-bond acceptors (Lipinski definition) is 4. The van der Waals surface area contributed by atoms with Crippen molar-refractivity contribution in [3.05, 3.63) is 39.6 Å². The van der Waals surface area contributed by atoms with Gasteiger partial charge in [-0.1, -0.05) is 16.8 Å². The van der Waals surface area contributed by atoms with Crippen molar-refractivity contribution in [2.45, 2.75) is 26.4 Å². The summed E-state index contributed by atoms with van der Waals surface area (Å²) in [4.78, 5) is 11.9. The molecule has 0 fully saturated rings. The normalized spacial score (nSPS) is 11.4. The third-order valence-corrected chi connectivity index (χ3v) is 3.13. The van der Waals surface area contributed by atoms with Crippen LogP contribution in [-0.4, -0.2) is 26.6 Å². The lowest BCUT2D eigenvalue weighted by Gasteiger charge is -2.18. The summed E-state index contributed by atoms with van der Waals surface area (Å²) in [5.74, 6) is -0.506. The van der Waals surface area contributed by atoms with Crippen LogP contribution >= 0.6 is 27.5 Å². The average molecular weight is 359 g/mol. The van der Waals surface area contributed by atoms with Crippen molar-refractivity contribution in [1.82, 2.24) is 15.0 Å². The Balaban J connectivity index is 2.27. The molecule has 0 saturated carbocycles. The van der Waals surface area contributed by atoms with E-state index in [2.05, 4.69) is 26.2 Å². The Labute approximate surface area is 130 Å². The van der Waals surface area contributed by atoms with Gasteiger partial charge in [-0.25, -0.2) is 9.48 Å². The number of carbonyl (C=O) groups is 1. The molecule has 1 aromatic heterocycles. The molecule has 2 aromatic rings. The maximum atomic E-state index is 11.9. The van der Waals surface area contributed by atoms with Crippen molar-refractivity contribution in [3.8, 4) is 5.69 Å². The second kappa shape index (κ2) is 5.54. The summed E-state index contributed by atoms with van der Waals surface area (Å²) in [7, 11) is 0. The molecule has 1 heterocycles. The second-order valence-corrected chi connectivity index (χ2v) is 6.44. The van der Waals surface area contributed by atoms with E-state index in [1.165, 1.54) is 10.9 Å². The molecule has 5 nitrogen and oxygen atoms in total. The summed E-state index contributed by atoms with van der Waals surface area (Å²) in [5, 5.41) is 8.35. The van der Waals surface area contributed by atoms with Gasteiger partial charge in [0.15, 0.2) is 5.69 Å². The van der Waals surface area contributed by atoms with Crippen LogP contribution in [0, 0.1) is 0 Å². The largest absolute Gasteiger partial charge is 0.455 e. The first-order valence-corrected chi connectivity index (χ1v) is 7.04. The fraction of sp³-hybridized carbons (Fsp3) is 0.308. The first-order valence-electron chi connectivity index (χ1n) is 5.87. The van der Waals surface area contributed by atoms with E-state index in [-0.39, 0.29) is 5.69 Å². The second-order valence-electron chi connectivity index (χ2n) is 5.15. The van der Waals surface area contributed by atoms with Crippen LogP contribution in [-0.2, 0) is 4.74 Å². The number of nitrogens with zero attached hydrogens (tertiary/aromatic N) is 3. The molecule has 0 unspecified atom stereocenters. The van der Waals surface area contributed by atoms with Crippen molar-refractivity contribution >= 4 is 33.5 Å². The van der Waals surface area contributed by atoms with Crippen molar-refractivity contribution in [2.75, 3.05) is 0 Å². The molecule has 0 aliphatic rings. The smallest absolute Gasteiger partial charge is 0.361 e. The molecule has 0 radical (unpaired) electrons. The van der Waals surface area contributed by atoms with Crippen molar-refractivity contribution in [1.29, 1.82) is 0 Å². The van der Waals surface area contributed by atoms with E-state index in [1.807, 2.05) is 0 Å².